The first-order chi connectivity index (χ1) is 72.5. The number of nitrogens with one attached hydrogen (secondary N) is 4. The second-order valence-electron chi connectivity index (χ2n) is 37.5. The molecule has 38 nitrogen and oxygen atoms in total. The summed E-state index contributed by atoms with van der Waals surface area (Å²) in [6, 6.07) is 46.3. The molecule has 12 aromatic rings. The van der Waals surface area contributed by atoms with Crippen LogP contribution < -0.4 is 69.0 Å². The molecule has 148 heavy (non-hydrogen) atoms. The molecule has 0 saturated carbocycles. The summed E-state index contributed by atoms with van der Waals surface area (Å²) in [7, 11) is 15.3. The number of aromatic nitrogens is 12. The van der Waals surface area contributed by atoms with E-state index < -0.39 is 0 Å². The van der Waals surface area contributed by atoms with Crippen LogP contribution in [0.4, 0.5) is 57.8 Å². The molecule has 8 aliphatic heterocycles. The van der Waals surface area contributed by atoms with Gasteiger partial charge in [0, 0.05) is 192 Å². The molecule has 16 heterocycles. The van der Waals surface area contributed by atoms with Gasteiger partial charge in [-0.25, -0.2) is 54.8 Å². The van der Waals surface area contributed by atoms with Gasteiger partial charge in [-0.3, -0.25) is 4.98 Å². The van der Waals surface area contributed by atoms with Gasteiger partial charge in [-0.15, -0.1) is 0 Å². The van der Waals surface area contributed by atoms with E-state index in [1.165, 1.54) is 25.3 Å². The average molecular weight is 2000 g/mol. The van der Waals surface area contributed by atoms with E-state index in [-0.39, 0.29) is 24.4 Å². The van der Waals surface area contributed by atoms with Crippen LogP contribution in [0.2, 0.25) is 0 Å². The highest BCUT2D eigenvalue weighted by Crippen LogP contribution is 2.42. The first-order valence-corrected chi connectivity index (χ1v) is 50.4. The summed E-state index contributed by atoms with van der Waals surface area (Å²) in [5.74, 6) is 10.8. The average Bonchev–Trinajstić information content (AvgIpc) is 0.812. The molecule has 0 spiro atoms. The van der Waals surface area contributed by atoms with E-state index in [0.29, 0.717) is 173 Å². The molecule has 0 radical (unpaired) electrons. The predicted molar refractivity (Wildman–Crippen MR) is 561 cm³/mol. The van der Waals surface area contributed by atoms with Crippen molar-refractivity contribution in [2.75, 3.05) is 219 Å². The summed E-state index contributed by atoms with van der Waals surface area (Å²) in [6.07, 6.45) is 24.6. The maximum absolute atomic E-state index is 9.73. The Morgan fingerprint density at radius 1 is 0.284 bits per heavy atom. The Balaban J connectivity index is 0.000000135. The lowest BCUT2D eigenvalue weighted by Gasteiger charge is -2.34. The van der Waals surface area contributed by atoms with Crippen molar-refractivity contribution >= 4 is 57.8 Å². The highest BCUT2D eigenvalue weighted by Gasteiger charge is 2.30. The minimum absolute atomic E-state index is 0.0636. The number of hydrogen-bond acceptors (Lipinski definition) is 38. The summed E-state index contributed by atoms with van der Waals surface area (Å²) in [5, 5.41) is 52.0. The number of pyridine rings is 4. The molecule has 8 fully saturated rings. The predicted octanol–water partition coefficient (Wildman–Crippen LogP) is 16.0. The van der Waals surface area contributed by atoms with Crippen molar-refractivity contribution in [3.05, 3.63) is 205 Å². The van der Waals surface area contributed by atoms with Crippen LogP contribution in [-0.2, 0) is 18.9 Å². The van der Waals surface area contributed by atoms with Crippen LogP contribution in [0.3, 0.4) is 0 Å². The van der Waals surface area contributed by atoms with Gasteiger partial charge in [0.1, 0.15) is 149 Å². The number of anilines is 10. The monoisotopic (exact) mass is 2000 g/mol. The van der Waals surface area contributed by atoms with Crippen LogP contribution in [-0.4, -0.2) is 292 Å². The molecule has 8 aliphatic rings. The van der Waals surface area contributed by atoms with E-state index in [1.807, 2.05) is 122 Å². The molecule has 0 bridgehead atoms. The molecule has 8 aromatic heterocycles. The Morgan fingerprint density at radius 3 is 0.966 bits per heavy atom. The van der Waals surface area contributed by atoms with Crippen molar-refractivity contribution in [3.63, 3.8) is 0 Å². The number of nitrogens with zero attached hydrogens (tertiary/aromatic N) is 22. The zero-order valence-electron chi connectivity index (χ0n) is 85.0. The van der Waals surface area contributed by atoms with E-state index in [9.17, 15) is 21.0 Å². The smallest absolute Gasteiger partial charge is 0.171 e. The van der Waals surface area contributed by atoms with Crippen molar-refractivity contribution in [2.45, 2.75) is 113 Å². The molecule has 4 N–H and O–H groups in total. The summed E-state index contributed by atoms with van der Waals surface area (Å²) in [6.45, 7) is 17.4. The third-order valence-corrected chi connectivity index (χ3v) is 27.4. The van der Waals surface area contributed by atoms with Crippen LogP contribution in [0.5, 0.6) is 46.0 Å². The van der Waals surface area contributed by atoms with Crippen LogP contribution >= 0.6 is 0 Å². The molecule has 0 unspecified atom stereocenters. The Labute approximate surface area is 863 Å². The fourth-order valence-corrected chi connectivity index (χ4v) is 18.8. The molecule has 8 saturated heterocycles. The topological polar surface area (TPSA) is 428 Å². The third-order valence-electron chi connectivity index (χ3n) is 27.4. The van der Waals surface area contributed by atoms with E-state index >= 15 is 0 Å². The van der Waals surface area contributed by atoms with Crippen molar-refractivity contribution in [1.82, 2.24) is 79.4 Å². The molecule has 768 valence electrons. The van der Waals surface area contributed by atoms with E-state index in [1.54, 1.807) is 52.8 Å². The number of ether oxygens (including phenoxy) is 12. The van der Waals surface area contributed by atoms with Crippen molar-refractivity contribution < 1.29 is 56.8 Å². The molecular weight excluding hydrogens is 1880 g/mol. The van der Waals surface area contributed by atoms with Crippen molar-refractivity contribution in [1.29, 1.82) is 21.0 Å². The number of piperazine rings is 2. The van der Waals surface area contributed by atoms with Gasteiger partial charge in [-0.1, -0.05) is 0 Å². The standard InChI is InChI=1S/2C28H32N6O3.2C27H31N7O3/c1-34-9-5-19(6-10-34)28-26(35-2)14-22(17-30-28)33-27-15-24(31-18-32-27)20-3-4-25(21(13-20)16-29)37-23-7-11-36-12-8-23;1-34-9-5-19(6-10-34)23-17-30-28(15-26(23)35-2)33-27-14-24(31-18-32-27)20-3-4-25(21(13-20)16-29)37-22-7-11-36-12-8-22;1-33-7-9-34(10-8-33)27-25(35-2)14-21(17-29-27)32-26-15-23(30-18-31-26)19-3-4-24(20(13-19)16-28)37-22-5-11-36-12-6-22;1-33-7-9-34(10-8-33)23-17-29-27(15-25(23)35-2)32-26-14-22(30-18-31-26)19-3-4-24(20(13-19)16-28)37-21-5-11-36-12-6-21/h3-4,13-15,17-19,23H,5-12H2,1-2H3,(H,31,32,33);3-4,13-15,17-19,22H,5-12H2,1-2H3,(H,30,31,32,33);3-4,13-15,17-18,22H,5-12H2,1-2H3,(H,30,31,32);3-4,13-15,17-18,21H,5-12H2,1-2H3,(H,29,30,31,32). The Morgan fingerprint density at radius 2 is 0.601 bits per heavy atom. The summed E-state index contributed by atoms with van der Waals surface area (Å²) >= 11 is 0. The Bertz CT molecular complexity index is 5840. The number of rotatable bonds is 28. The van der Waals surface area contributed by atoms with Crippen LogP contribution in [0, 0.1) is 45.3 Å². The Hall–Kier alpha value is -15.4. The Kier molecular flexibility index (Phi) is 36.3. The van der Waals surface area contributed by atoms with Gasteiger partial charge < -0.3 is 108 Å². The van der Waals surface area contributed by atoms with E-state index in [4.69, 9.17) is 61.8 Å². The molecule has 0 amide bonds. The lowest BCUT2D eigenvalue weighted by Crippen LogP contribution is -2.44. The van der Waals surface area contributed by atoms with E-state index in [2.05, 4.69) is 158 Å². The number of benzene rings is 4. The number of likely N-dealkylation sites (tertiary alicyclic amines) is 2. The van der Waals surface area contributed by atoms with Crippen molar-refractivity contribution in [3.8, 4) is 115 Å². The normalized spacial score (nSPS) is 17.0. The number of piperidine rings is 2. The maximum atomic E-state index is 9.73. The lowest BCUT2D eigenvalue weighted by atomic mass is 9.90. The maximum Gasteiger partial charge on any atom is 0.171 e. The second-order valence-corrected chi connectivity index (χ2v) is 37.5. The molecular formula is C110H126N26O12. The fourth-order valence-electron chi connectivity index (χ4n) is 18.8. The minimum atomic E-state index is 0.0636. The number of methoxy groups -OCH3 is 4. The lowest BCUT2D eigenvalue weighted by molar-refractivity contribution is 0.0252. The number of likely N-dealkylation sites (N-methyl/N-ethyl adjacent to an activating group) is 2. The molecule has 20 rings (SSSR count). The molecule has 0 atom stereocenters. The van der Waals surface area contributed by atoms with Gasteiger partial charge >= 0.3 is 0 Å². The van der Waals surface area contributed by atoms with Gasteiger partial charge in [0.25, 0.3) is 0 Å². The highest BCUT2D eigenvalue weighted by atomic mass is 16.5. The van der Waals surface area contributed by atoms with Crippen LogP contribution in [0.15, 0.2) is 171 Å². The first-order valence-electron chi connectivity index (χ1n) is 50.4. The summed E-state index contributed by atoms with van der Waals surface area (Å²) in [4.78, 5) is 67.6. The molecule has 4 aromatic carbocycles. The van der Waals surface area contributed by atoms with Crippen molar-refractivity contribution in [2.24, 2.45) is 0 Å². The van der Waals surface area contributed by atoms with Gasteiger partial charge in [0.15, 0.2) is 11.6 Å². The SMILES string of the molecule is COc1cc(Nc2cc(-c3ccc(OC4CCOCC4)c(C#N)c3)ncn2)cnc1C1CCN(C)CC1.COc1cc(Nc2cc(-c3ccc(OC4CCOCC4)c(C#N)c3)ncn2)cnc1N1CCN(C)CC1.COc1cc(Nc2cc(-c3ccc(OC4CCOCC4)c(C#N)c3)ncn2)ncc1C1CCN(C)CC1.COc1cc(Nc2cc(-c3ccc(OC4CCOCC4)c(C#N)c3)ncn2)ncc1N1CCN(C)CC1. The van der Waals surface area contributed by atoms with Gasteiger partial charge in [-0.2, -0.15) is 21.0 Å². The first kappa shape index (κ1) is 104. The summed E-state index contributed by atoms with van der Waals surface area (Å²) < 4.78 is 68.6. The highest BCUT2D eigenvalue weighted by molar-refractivity contribution is 5.74. The zero-order chi connectivity index (χ0) is 102. The minimum Gasteiger partial charge on any atom is -0.496 e. The summed E-state index contributed by atoms with van der Waals surface area (Å²) in [5.41, 5.74) is 12.6. The van der Waals surface area contributed by atoms with Gasteiger partial charge in [-0.05, 0) is 159 Å². The largest absolute Gasteiger partial charge is 0.496 e. The van der Waals surface area contributed by atoms with E-state index in [0.717, 1.165) is 229 Å². The third kappa shape index (κ3) is 27.9. The second kappa shape index (κ2) is 51.6. The fraction of sp³-hybridized carbons (Fsp3) is 0.418. The number of nitriles is 4. The van der Waals surface area contributed by atoms with Gasteiger partial charge in [0.05, 0.1) is 168 Å². The van der Waals surface area contributed by atoms with Crippen LogP contribution in [0.25, 0.3) is 45.0 Å². The van der Waals surface area contributed by atoms with Gasteiger partial charge in [0.2, 0.25) is 0 Å². The molecule has 38 heteroatoms. The number of hydrogen-bond donors (Lipinski definition) is 4. The quantitative estimate of drug-likeness (QED) is 0.0354. The van der Waals surface area contributed by atoms with Crippen LogP contribution in [0.1, 0.15) is 122 Å². The zero-order valence-corrected chi connectivity index (χ0v) is 85.0. The molecule has 0 aliphatic carbocycles.